The van der Waals surface area contributed by atoms with E-state index in [-0.39, 0.29) is 0 Å². The van der Waals surface area contributed by atoms with Crippen molar-refractivity contribution >= 4 is 11.0 Å². The van der Waals surface area contributed by atoms with E-state index in [9.17, 15) is 0 Å². The van der Waals surface area contributed by atoms with Crippen LogP contribution in [0.2, 0.25) is 0 Å². The predicted molar refractivity (Wildman–Crippen MR) is 74.5 cm³/mol. The molecule has 1 aliphatic carbocycles. The van der Waals surface area contributed by atoms with Crippen LogP contribution < -0.4 is 10.1 Å². The molecule has 100 valence electrons. The standard InChI is InChI=1S/C15H19N3O/c1-19-11-6-7-14-13(9-11)17-15(12-3-2-8-16-12)18(14)10-4-5-10/h6-7,9-10,12,16H,2-5,8H2,1H3. The van der Waals surface area contributed by atoms with Gasteiger partial charge in [-0.1, -0.05) is 0 Å². The summed E-state index contributed by atoms with van der Waals surface area (Å²) in [6.45, 7) is 1.11. The number of fused-ring (bicyclic) bond motifs is 1. The summed E-state index contributed by atoms with van der Waals surface area (Å²) >= 11 is 0. The number of aromatic nitrogens is 2. The molecule has 1 aliphatic heterocycles. The van der Waals surface area contributed by atoms with Crippen molar-refractivity contribution in [3.05, 3.63) is 24.0 Å². The fraction of sp³-hybridized carbons (Fsp3) is 0.533. The summed E-state index contributed by atoms with van der Waals surface area (Å²) in [5.74, 6) is 2.11. The average Bonchev–Trinajstić information content (AvgIpc) is 3.01. The molecule has 0 bridgehead atoms. The van der Waals surface area contributed by atoms with Gasteiger partial charge in [-0.05, 0) is 44.4 Å². The number of nitrogens with zero attached hydrogens (tertiary/aromatic N) is 2. The second kappa shape index (κ2) is 4.23. The third-order valence-corrected chi connectivity index (χ3v) is 4.21. The Kier molecular flexibility index (Phi) is 2.52. The second-order valence-electron chi connectivity index (χ2n) is 5.57. The summed E-state index contributed by atoms with van der Waals surface area (Å²) in [5, 5.41) is 3.57. The predicted octanol–water partition coefficient (Wildman–Crippen LogP) is 2.80. The van der Waals surface area contributed by atoms with Gasteiger partial charge in [-0.15, -0.1) is 0 Å². The smallest absolute Gasteiger partial charge is 0.127 e. The Bertz CT molecular complexity index is 609. The molecule has 2 aromatic rings. The molecular formula is C15H19N3O. The van der Waals surface area contributed by atoms with Crippen LogP contribution in [-0.4, -0.2) is 23.2 Å². The monoisotopic (exact) mass is 257 g/mol. The van der Waals surface area contributed by atoms with Crippen LogP contribution in [-0.2, 0) is 0 Å². The highest BCUT2D eigenvalue weighted by Gasteiger charge is 2.31. The number of methoxy groups -OCH3 is 1. The van der Waals surface area contributed by atoms with Crippen molar-refractivity contribution in [2.24, 2.45) is 0 Å². The fourth-order valence-corrected chi connectivity index (χ4v) is 3.09. The fourth-order valence-electron chi connectivity index (χ4n) is 3.09. The van der Waals surface area contributed by atoms with Gasteiger partial charge in [-0.3, -0.25) is 0 Å². The number of benzene rings is 1. The van der Waals surface area contributed by atoms with Crippen LogP contribution in [0.4, 0.5) is 0 Å². The van der Waals surface area contributed by atoms with Crippen LogP contribution in [0, 0.1) is 0 Å². The van der Waals surface area contributed by atoms with Crippen molar-refractivity contribution in [2.45, 2.75) is 37.8 Å². The van der Waals surface area contributed by atoms with Crippen LogP contribution >= 0.6 is 0 Å². The molecular weight excluding hydrogens is 238 g/mol. The molecule has 4 rings (SSSR count). The lowest BCUT2D eigenvalue weighted by Gasteiger charge is -2.13. The molecule has 0 radical (unpaired) electrons. The first-order valence-electron chi connectivity index (χ1n) is 7.16. The average molecular weight is 257 g/mol. The molecule has 19 heavy (non-hydrogen) atoms. The van der Waals surface area contributed by atoms with Crippen LogP contribution in [0.1, 0.15) is 43.6 Å². The summed E-state index contributed by atoms with van der Waals surface area (Å²) in [5.41, 5.74) is 2.32. The lowest BCUT2D eigenvalue weighted by molar-refractivity contribution is 0.415. The van der Waals surface area contributed by atoms with E-state index < -0.39 is 0 Å². The lowest BCUT2D eigenvalue weighted by Crippen LogP contribution is -2.17. The van der Waals surface area contributed by atoms with Gasteiger partial charge in [0.15, 0.2) is 0 Å². The molecule has 1 atom stereocenters. The molecule has 4 heteroatoms. The molecule has 1 aromatic carbocycles. The lowest BCUT2D eigenvalue weighted by atomic mass is 10.2. The molecule has 1 saturated heterocycles. The number of ether oxygens (including phenoxy) is 1. The van der Waals surface area contributed by atoms with Crippen LogP contribution in [0.25, 0.3) is 11.0 Å². The van der Waals surface area contributed by atoms with Crippen molar-refractivity contribution in [3.8, 4) is 5.75 Å². The molecule has 4 nitrogen and oxygen atoms in total. The topological polar surface area (TPSA) is 39.1 Å². The SMILES string of the molecule is COc1ccc2c(c1)nc(C1CCCN1)n2C1CC1. The summed E-state index contributed by atoms with van der Waals surface area (Å²) in [6.07, 6.45) is 5.03. The van der Waals surface area contributed by atoms with Gasteiger partial charge in [0, 0.05) is 12.1 Å². The quantitative estimate of drug-likeness (QED) is 0.919. The molecule has 1 N–H and O–H groups in total. The van der Waals surface area contributed by atoms with E-state index in [4.69, 9.17) is 9.72 Å². The molecule has 1 saturated carbocycles. The van der Waals surface area contributed by atoms with Crippen molar-refractivity contribution in [1.82, 2.24) is 14.9 Å². The summed E-state index contributed by atoms with van der Waals surface area (Å²) in [6, 6.07) is 7.33. The summed E-state index contributed by atoms with van der Waals surface area (Å²) in [4.78, 5) is 4.88. The van der Waals surface area contributed by atoms with Crippen LogP contribution in [0.15, 0.2) is 18.2 Å². The summed E-state index contributed by atoms with van der Waals surface area (Å²) in [7, 11) is 1.71. The van der Waals surface area contributed by atoms with E-state index in [2.05, 4.69) is 16.0 Å². The van der Waals surface area contributed by atoms with Crippen molar-refractivity contribution < 1.29 is 4.74 Å². The highest BCUT2D eigenvalue weighted by molar-refractivity contribution is 5.78. The Balaban J connectivity index is 1.88. The second-order valence-corrected chi connectivity index (χ2v) is 5.57. The molecule has 1 aromatic heterocycles. The van der Waals surface area contributed by atoms with Gasteiger partial charge in [0.2, 0.25) is 0 Å². The number of imidazole rings is 1. The highest BCUT2D eigenvalue weighted by Crippen LogP contribution is 2.41. The van der Waals surface area contributed by atoms with E-state index in [0.29, 0.717) is 12.1 Å². The molecule has 1 unspecified atom stereocenters. The molecule has 2 heterocycles. The molecule has 0 amide bonds. The zero-order valence-electron chi connectivity index (χ0n) is 11.2. The Morgan fingerprint density at radius 2 is 2.21 bits per heavy atom. The molecule has 0 spiro atoms. The largest absolute Gasteiger partial charge is 0.497 e. The maximum atomic E-state index is 5.31. The van der Waals surface area contributed by atoms with Crippen molar-refractivity contribution in [1.29, 1.82) is 0 Å². The van der Waals surface area contributed by atoms with E-state index >= 15 is 0 Å². The van der Waals surface area contributed by atoms with Crippen molar-refractivity contribution in [3.63, 3.8) is 0 Å². The minimum atomic E-state index is 0.430. The number of nitrogens with one attached hydrogen (secondary N) is 1. The first kappa shape index (κ1) is 11.3. The zero-order valence-corrected chi connectivity index (χ0v) is 11.2. The Morgan fingerprint density at radius 1 is 1.32 bits per heavy atom. The van der Waals surface area contributed by atoms with Gasteiger partial charge in [0.1, 0.15) is 11.6 Å². The van der Waals surface area contributed by atoms with Gasteiger partial charge >= 0.3 is 0 Å². The molecule has 2 aliphatic rings. The Hall–Kier alpha value is -1.55. The van der Waals surface area contributed by atoms with E-state index in [1.54, 1.807) is 7.11 Å². The Labute approximate surface area is 112 Å². The van der Waals surface area contributed by atoms with Crippen LogP contribution in [0.5, 0.6) is 5.75 Å². The number of rotatable bonds is 3. The molecule has 2 fully saturated rings. The summed E-state index contributed by atoms with van der Waals surface area (Å²) < 4.78 is 7.76. The van der Waals surface area contributed by atoms with E-state index in [1.807, 2.05) is 12.1 Å². The van der Waals surface area contributed by atoms with Gasteiger partial charge < -0.3 is 14.6 Å². The third-order valence-electron chi connectivity index (χ3n) is 4.21. The van der Waals surface area contributed by atoms with Gasteiger partial charge in [0.25, 0.3) is 0 Å². The third kappa shape index (κ3) is 1.82. The highest BCUT2D eigenvalue weighted by atomic mass is 16.5. The van der Waals surface area contributed by atoms with Gasteiger partial charge in [0.05, 0.1) is 24.2 Å². The van der Waals surface area contributed by atoms with Crippen molar-refractivity contribution in [2.75, 3.05) is 13.7 Å². The Morgan fingerprint density at radius 3 is 2.89 bits per heavy atom. The minimum absolute atomic E-state index is 0.430. The minimum Gasteiger partial charge on any atom is -0.497 e. The first-order chi connectivity index (χ1) is 9.36. The van der Waals surface area contributed by atoms with Crippen LogP contribution in [0.3, 0.4) is 0 Å². The normalized spacial score (nSPS) is 23.1. The first-order valence-corrected chi connectivity index (χ1v) is 7.16. The van der Waals surface area contributed by atoms with Gasteiger partial charge in [-0.2, -0.15) is 0 Å². The van der Waals surface area contributed by atoms with E-state index in [1.165, 1.54) is 37.0 Å². The maximum Gasteiger partial charge on any atom is 0.127 e. The van der Waals surface area contributed by atoms with E-state index in [0.717, 1.165) is 17.8 Å². The zero-order chi connectivity index (χ0) is 12.8. The number of hydrogen-bond donors (Lipinski definition) is 1. The number of hydrogen-bond acceptors (Lipinski definition) is 3. The van der Waals surface area contributed by atoms with Gasteiger partial charge in [-0.25, -0.2) is 4.98 Å². The maximum absolute atomic E-state index is 5.31.